The Hall–Kier alpha value is -1.84. The highest BCUT2D eigenvalue weighted by atomic mass is 16.2. The summed E-state index contributed by atoms with van der Waals surface area (Å²) in [6, 6.07) is 8.44. The summed E-state index contributed by atoms with van der Waals surface area (Å²) < 4.78 is 0. The first-order chi connectivity index (χ1) is 12.6. The van der Waals surface area contributed by atoms with Crippen LogP contribution in [0.3, 0.4) is 0 Å². The average Bonchev–Trinajstić information content (AvgIpc) is 2.65. The minimum absolute atomic E-state index is 0.0772. The molecule has 2 rings (SSSR count). The number of nitrogens with zero attached hydrogens (tertiary/aromatic N) is 2. The van der Waals surface area contributed by atoms with Crippen LogP contribution < -0.4 is 0 Å². The van der Waals surface area contributed by atoms with Crippen molar-refractivity contribution in [3.63, 3.8) is 0 Å². The van der Waals surface area contributed by atoms with E-state index in [9.17, 15) is 9.59 Å². The van der Waals surface area contributed by atoms with Gasteiger partial charge in [0.2, 0.25) is 11.8 Å². The first-order valence-corrected chi connectivity index (χ1v) is 10.2. The first kappa shape index (κ1) is 20.5. The normalized spacial score (nSPS) is 16.3. The van der Waals surface area contributed by atoms with Gasteiger partial charge in [-0.1, -0.05) is 57.4 Å². The molecule has 0 fully saturated rings. The van der Waals surface area contributed by atoms with Crippen molar-refractivity contribution in [3.05, 3.63) is 35.4 Å². The van der Waals surface area contributed by atoms with Crippen LogP contribution in [-0.4, -0.2) is 41.2 Å². The molecule has 26 heavy (non-hydrogen) atoms. The molecule has 1 atom stereocenters. The summed E-state index contributed by atoms with van der Waals surface area (Å²) in [5.74, 6) is 0.203. The van der Waals surface area contributed by atoms with E-state index >= 15 is 0 Å². The van der Waals surface area contributed by atoms with Crippen LogP contribution in [0.15, 0.2) is 24.3 Å². The molecule has 1 unspecified atom stereocenters. The lowest BCUT2D eigenvalue weighted by Gasteiger charge is -2.36. The van der Waals surface area contributed by atoms with E-state index in [0.717, 1.165) is 45.1 Å². The van der Waals surface area contributed by atoms with Crippen molar-refractivity contribution in [2.24, 2.45) is 0 Å². The maximum Gasteiger partial charge on any atom is 0.242 e. The van der Waals surface area contributed by atoms with E-state index in [0.29, 0.717) is 13.0 Å². The fourth-order valence-corrected chi connectivity index (χ4v) is 3.70. The minimum atomic E-state index is 0.0772. The SMILES string of the molecule is CCCCCN(CC(=O)N1CCc2ccccc2C1C)C(=O)CCCC. The van der Waals surface area contributed by atoms with Gasteiger partial charge in [-0.25, -0.2) is 0 Å². The molecule has 1 aromatic carbocycles. The quantitative estimate of drug-likeness (QED) is 0.616. The molecule has 0 saturated carbocycles. The second kappa shape index (κ2) is 10.3. The van der Waals surface area contributed by atoms with Gasteiger partial charge in [0.05, 0.1) is 12.6 Å². The summed E-state index contributed by atoms with van der Waals surface area (Å²) in [7, 11) is 0. The van der Waals surface area contributed by atoms with Crippen LogP contribution in [0.2, 0.25) is 0 Å². The highest BCUT2D eigenvalue weighted by molar-refractivity contribution is 5.85. The third-order valence-corrected chi connectivity index (χ3v) is 5.37. The first-order valence-electron chi connectivity index (χ1n) is 10.2. The molecular formula is C22H34N2O2. The van der Waals surface area contributed by atoms with E-state index in [-0.39, 0.29) is 24.4 Å². The topological polar surface area (TPSA) is 40.6 Å². The number of carbonyl (C=O) groups excluding carboxylic acids is 2. The third kappa shape index (κ3) is 5.33. The largest absolute Gasteiger partial charge is 0.334 e. The van der Waals surface area contributed by atoms with Gasteiger partial charge in [0.25, 0.3) is 0 Å². The van der Waals surface area contributed by atoms with Crippen molar-refractivity contribution in [2.75, 3.05) is 19.6 Å². The van der Waals surface area contributed by atoms with Gasteiger partial charge in [0.15, 0.2) is 0 Å². The molecular weight excluding hydrogens is 324 g/mol. The Kier molecular flexibility index (Phi) is 8.14. The summed E-state index contributed by atoms with van der Waals surface area (Å²) >= 11 is 0. The molecule has 0 bridgehead atoms. The molecule has 0 N–H and O–H groups in total. The van der Waals surface area contributed by atoms with Crippen molar-refractivity contribution in [2.45, 2.75) is 71.8 Å². The molecule has 0 aliphatic carbocycles. The zero-order valence-electron chi connectivity index (χ0n) is 16.7. The van der Waals surface area contributed by atoms with Crippen molar-refractivity contribution in [1.29, 1.82) is 0 Å². The summed E-state index contributed by atoms with van der Waals surface area (Å²) in [5, 5.41) is 0. The molecule has 1 heterocycles. The number of benzene rings is 1. The Morgan fingerprint density at radius 1 is 1.12 bits per heavy atom. The maximum atomic E-state index is 13.0. The fraction of sp³-hybridized carbons (Fsp3) is 0.636. The van der Waals surface area contributed by atoms with E-state index in [1.165, 1.54) is 11.1 Å². The number of rotatable bonds is 9. The van der Waals surface area contributed by atoms with E-state index in [1.807, 2.05) is 11.0 Å². The third-order valence-electron chi connectivity index (χ3n) is 5.37. The molecule has 0 saturated heterocycles. The second-order valence-corrected chi connectivity index (χ2v) is 7.34. The van der Waals surface area contributed by atoms with E-state index in [1.54, 1.807) is 4.90 Å². The Morgan fingerprint density at radius 2 is 1.85 bits per heavy atom. The van der Waals surface area contributed by atoms with Gasteiger partial charge >= 0.3 is 0 Å². The average molecular weight is 359 g/mol. The fourth-order valence-electron chi connectivity index (χ4n) is 3.70. The monoisotopic (exact) mass is 358 g/mol. The predicted molar refractivity (Wildman–Crippen MR) is 106 cm³/mol. The van der Waals surface area contributed by atoms with Gasteiger partial charge in [-0.2, -0.15) is 0 Å². The number of hydrogen-bond acceptors (Lipinski definition) is 2. The summed E-state index contributed by atoms with van der Waals surface area (Å²) in [6.07, 6.45) is 6.53. The molecule has 0 aromatic heterocycles. The summed E-state index contributed by atoms with van der Waals surface area (Å²) in [5.41, 5.74) is 2.57. The molecule has 2 amide bonds. The number of unbranched alkanes of at least 4 members (excludes halogenated alkanes) is 3. The van der Waals surface area contributed by atoms with Crippen LogP contribution >= 0.6 is 0 Å². The Bertz CT molecular complexity index is 600. The smallest absolute Gasteiger partial charge is 0.242 e. The van der Waals surface area contributed by atoms with Crippen molar-refractivity contribution < 1.29 is 9.59 Å². The molecule has 0 spiro atoms. The van der Waals surface area contributed by atoms with Crippen LogP contribution in [0.4, 0.5) is 0 Å². The van der Waals surface area contributed by atoms with Crippen LogP contribution in [0, 0.1) is 0 Å². The molecule has 0 radical (unpaired) electrons. The lowest BCUT2D eigenvalue weighted by Crippen LogP contribution is -2.46. The van der Waals surface area contributed by atoms with Crippen LogP contribution in [0.5, 0.6) is 0 Å². The van der Waals surface area contributed by atoms with Gasteiger partial charge in [-0.05, 0) is 37.3 Å². The Labute approximate surface area is 158 Å². The lowest BCUT2D eigenvalue weighted by atomic mass is 9.93. The molecule has 4 nitrogen and oxygen atoms in total. The molecule has 1 aliphatic rings. The Balaban J connectivity index is 2.02. The molecule has 144 valence electrons. The second-order valence-electron chi connectivity index (χ2n) is 7.34. The highest BCUT2D eigenvalue weighted by Crippen LogP contribution is 2.29. The van der Waals surface area contributed by atoms with Gasteiger partial charge in [0, 0.05) is 19.5 Å². The van der Waals surface area contributed by atoms with Gasteiger partial charge in [-0.3, -0.25) is 9.59 Å². The lowest BCUT2D eigenvalue weighted by molar-refractivity contribution is -0.142. The van der Waals surface area contributed by atoms with Crippen LogP contribution in [0.25, 0.3) is 0 Å². The standard InChI is InChI=1S/C22H34N2O2/c1-4-6-10-15-23(21(25)13-7-5-2)17-22(26)24-16-14-19-11-8-9-12-20(19)18(24)3/h8-9,11-12,18H,4-7,10,13-17H2,1-3H3. The van der Waals surface area contributed by atoms with Gasteiger partial charge in [-0.15, -0.1) is 0 Å². The highest BCUT2D eigenvalue weighted by Gasteiger charge is 2.29. The van der Waals surface area contributed by atoms with Gasteiger partial charge in [0.1, 0.15) is 0 Å². The summed E-state index contributed by atoms with van der Waals surface area (Å²) in [6.45, 7) is 7.99. The minimum Gasteiger partial charge on any atom is -0.334 e. The van der Waals surface area contributed by atoms with Gasteiger partial charge < -0.3 is 9.80 Å². The number of fused-ring (bicyclic) bond motifs is 1. The van der Waals surface area contributed by atoms with Crippen molar-refractivity contribution >= 4 is 11.8 Å². The Morgan fingerprint density at radius 3 is 2.58 bits per heavy atom. The van der Waals surface area contributed by atoms with Crippen LogP contribution in [0.1, 0.15) is 76.5 Å². The van der Waals surface area contributed by atoms with E-state index < -0.39 is 0 Å². The molecule has 1 aliphatic heterocycles. The van der Waals surface area contributed by atoms with Crippen LogP contribution in [-0.2, 0) is 16.0 Å². The number of hydrogen-bond donors (Lipinski definition) is 0. The van der Waals surface area contributed by atoms with E-state index in [4.69, 9.17) is 0 Å². The maximum absolute atomic E-state index is 13.0. The molecule has 1 aromatic rings. The van der Waals surface area contributed by atoms with E-state index in [2.05, 4.69) is 39.0 Å². The zero-order chi connectivity index (χ0) is 18.9. The zero-order valence-corrected chi connectivity index (χ0v) is 16.7. The van der Waals surface area contributed by atoms with Crippen molar-refractivity contribution in [1.82, 2.24) is 9.80 Å². The number of carbonyl (C=O) groups is 2. The van der Waals surface area contributed by atoms with Crippen molar-refractivity contribution in [3.8, 4) is 0 Å². The molecule has 4 heteroatoms. The number of amides is 2. The predicted octanol–water partition coefficient (Wildman–Crippen LogP) is 4.34. The summed E-state index contributed by atoms with van der Waals surface area (Å²) in [4.78, 5) is 29.3.